The molecule has 5 atom stereocenters. The molecule has 0 bridgehead atoms. The first-order valence-corrected chi connectivity index (χ1v) is 5.64. The van der Waals surface area contributed by atoms with Gasteiger partial charge in [-0.1, -0.05) is 5.11 Å². The molecule has 7 nitrogen and oxygen atoms in total. The minimum Gasteiger partial charge on any atom is -0.394 e. The van der Waals surface area contributed by atoms with Crippen LogP contribution in [-0.4, -0.2) is 58.0 Å². The summed E-state index contributed by atoms with van der Waals surface area (Å²) in [7, 11) is 0. The molecule has 0 aliphatic carbocycles. The third kappa shape index (κ3) is 2.54. The van der Waals surface area contributed by atoms with Crippen LogP contribution in [0.5, 0.6) is 0 Å². The molecule has 0 aromatic rings. The molecule has 86 valence electrons. The van der Waals surface area contributed by atoms with Crippen molar-refractivity contribution in [1.82, 2.24) is 0 Å². The smallest absolute Gasteiger partial charge is 0.130 e. The maximum absolute atomic E-state index is 9.69. The van der Waals surface area contributed by atoms with E-state index in [0.29, 0.717) is 0 Å². The summed E-state index contributed by atoms with van der Waals surface area (Å²) >= 11 is 1.23. The summed E-state index contributed by atoms with van der Waals surface area (Å²) in [5.74, 6) is 0. The van der Waals surface area contributed by atoms with Gasteiger partial charge < -0.3 is 20.1 Å². The van der Waals surface area contributed by atoms with Crippen molar-refractivity contribution >= 4 is 11.8 Å². The van der Waals surface area contributed by atoms with Crippen LogP contribution in [0, 0.1) is 0 Å². The molecule has 0 saturated carbocycles. The first kappa shape index (κ1) is 12.6. The van der Waals surface area contributed by atoms with Gasteiger partial charge in [0.05, 0.1) is 18.8 Å². The molecule has 1 fully saturated rings. The third-order valence-corrected chi connectivity index (χ3v) is 3.12. The zero-order chi connectivity index (χ0) is 11.4. The van der Waals surface area contributed by atoms with E-state index in [0.717, 1.165) is 0 Å². The van der Waals surface area contributed by atoms with Gasteiger partial charge in [-0.2, -0.15) is 0 Å². The lowest BCUT2D eigenvalue weighted by Crippen LogP contribution is -2.56. The molecule has 0 aromatic heterocycles. The number of aliphatic hydroxyl groups is 3. The summed E-state index contributed by atoms with van der Waals surface area (Å²) in [5, 5.41) is 31.6. The van der Waals surface area contributed by atoms with Gasteiger partial charge in [0.15, 0.2) is 0 Å². The van der Waals surface area contributed by atoms with E-state index in [2.05, 4.69) is 10.0 Å². The molecule has 3 N–H and O–H groups in total. The lowest BCUT2D eigenvalue weighted by molar-refractivity contribution is -0.159. The first-order chi connectivity index (χ1) is 7.15. The van der Waals surface area contributed by atoms with Crippen molar-refractivity contribution in [3.8, 4) is 0 Å². The maximum Gasteiger partial charge on any atom is 0.130 e. The molecule has 1 saturated heterocycles. The van der Waals surface area contributed by atoms with Gasteiger partial charge in [-0.25, -0.2) is 0 Å². The van der Waals surface area contributed by atoms with Crippen LogP contribution < -0.4 is 0 Å². The van der Waals surface area contributed by atoms with Crippen LogP contribution >= 0.6 is 11.8 Å². The number of rotatable bonds is 3. The third-order valence-electron chi connectivity index (χ3n) is 2.27. The second-order valence-corrected chi connectivity index (χ2v) is 4.07. The van der Waals surface area contributed by atoms with Crippen LogP contribution in [0.25, 0.3) is 10.4 Å². The number of thioether (sulfide) groups is 1. The van der Waals surface area contributed by atoms with Gasteiger partial charge in [-0.3, -0.25) is 0 Å². The van der Waals surface area contributed by atoms with E-state index in [1.807, 2.05) is 0 Å². The Balaban J connectivity index is 2.85. The predicted octanol–water partition coefficient (Wildman–Crippen LogP) is -0.533. The van der Waals surface area contributed by atoms with Gasteiger partial charge in [0, 0.05) is 4.91 Å². The predicted molar refractivity (Wildman–Crippen MR) is 54.2 cm³/mol. The SMILES string of the molecule is CS[C@@H]1OC(CO)[C@H](O)[C@H](N=[N+]=[N-])C1O. The standard InChI is InChI=1S/C7H13N3O4S/c1-15-7-6(13)4(9-10-8)5(12)3(2-11)14-7/h3-7,11-13H,2H2,1H3/t3?,4-,5-,6?,7-/m0/s1. The van der Waals surface area contributed by atoms with Gasteiger partial charge in [0.1, 0.15) is 17.6 Å². The summed E-state index contributed by atoms with van der Waals surface area (Å²) in [6.07, 6.45) is -1.38. The van der Waals surface area contributed by atoms with Crippen LogP contribution in [0.1, 0.15) is 0 Å². The Bertz CT molecular complexity index is 245. The molecule has 1 heterocycles. The highest BCUT2D eigenvalue weighted by molar-refractivity contribution is 7.99. The van der Waals surface area contributed by atoms with Crippen molar-refractivity contribution in [2.75, 3.05) is 12.9 Å². The minimum atomic E-state index is -1.19. The summed E-state index contributed by atoms with van der Waals surface area (Å²) in [4.78, 5) is 2.56. The lowest BCUT2D eigenvalue weighted by Gasteiger charge is -2.39. The van der Waals surface area contributed by atoms with Gasteiger partial charge in [0.2, 0.25) is 0 Å². The Hall–Kier alpha value is -0.500. The fourth-order valence-electron chi connectivity index (χ4n) is 1.46. The topological polar surface area (TPSA) is 119 Å². The van der Waals surface area contributed by atoms with Crippen molar-refractivity contribution in [3.63, 3.8) is 0 Å². The van der Waals surface area contributed by atoms with Crippen LogP contribution in [-0.2, 0) is 4.74 Å². The Morgan fingerprint density at radius 2 is 2.13 bits per heavy atom. The Morgan fingerprint density at radius 3 is 2.60 bits per heavy atom. The molecule has 0 spiro atoms. The summed E-state index contributed by atoms with van der Waals surface area (Å²) in [6.45, 7) is -0.387. The number of hydrogen-bond donors (Lipinski definition) is 3. The van der Waals surface area contributed by atoms with Gasteiger partial charge in [0.25, 0.3) is 0 Å². The number of azide groups is 1. The van der Waals surface area contributed by atoms with E-state index in [9.17, 15) is 10.2 Å². The summed E-state index contributed by atoms with van der Waals surface area (Å²) < 4.78 is 5.22. The summed E-state index contributed by atoms with van der Waals surface area (Å²) in [5.41, 5.74) is 7.69. The monoisotopic (exact) mass is 235 g/mol. The highest BCUT2D eigenvalue weighted by Gasteiger charge is 2.43. The fourth-order valence-corrected chi connectivity index (χ4v) is 2.15. The average Bonchev–Trinajstić information content (AvgIpc) is 2.25. The molecule has 0 radical (unpaired) electrons. The normalized spacial score (nSPS) is 40.9. The summed E-state index contributed by atoms with van der Waals surface area (Å²) in [6, 6.07) is -0.988. The second-order valence-electron chi connectivity index (χ2n) is 3.14. The number of nitrogens with zero attached hydrogens (tertiary/aromatic N) is 3. The van der Waals surface area contributed by atoms with Crippen LogP contribution in [0.4, 0.5) is 0 Å². The molecule has 8 heteroatoms. The van der Waals surface area contributed by atoms with Crippen molar-refractivity contribution < 1.29 is 20.1 Å². The molecule has 2 unspecified atom stereocenters. The molecular formula is C7H13N3O4S. The zero-order valence-electron chi connectivity index (χ0n) is 8.09. The number of hydrogen-bond acceptors (Lipinski definition) is 6. The molecule has 1 aliphatic heterocycles. The van der Waals surface area contributed by atoms with Crippen molar-refractivity contribution in [3.05, 3.63) is 10.4 Å². The molecule has 1 aliphatic rings. The van der Waals surface area contributed by atoms with Crippen LogP contribution in [0.2, 0.25) is 0 Å². The number of ether oxygens (including phenoxy) is 1. The van der Waals surface area contributed by atoms with Crippen LogP contribution in [0.15, 0.2) is 5.11 Å². The largest absolute Gasteiger partial charge is 0.394 e. The highest BCUT2D eigenvalue weighted by atomic mass is 32.2. The van der Waals surface area contributed by atoms with E-state index in [4.69, 9.17) is 15.4 Å². The first-order valence-electron chi connectivity index (χ1n) is 4.35. The second kappa shape index (κ2) is 5.55. The maximum atomic E-state index is 9.69. The van der Waals surface area contributed by atoms with E-state index in [1.165, 1.54) is 11.8 Å². The minimum absolute atomic E-state index is 0.387. The Morgan fingerprint density at radius 1 is 1.47 bits per heavy atom. The zero-order valence-corrected chi connectivity index (χ0v) is 8.91. The van der Waals surface area contributed by atoms with E-state index >= 15 is 0 Å². The van der Waals surface area contributed by atoms with Crippen molar-refractivity contribution in [2.24, 2.45) is 5.11 Å². The van der Waals surface area contributed by atoms with Gasteiger partial charge >= 0.3 is 0 Å². The highest BCUT2D eigenvalue weighted by Crippen LogP contribution is 2.28. The van der Waals surface area contributed by atoms with E-state index < -0.39 is 29.8 Å². The van der Waals surface area contributed by atoms with Crippen molar-refractivity contribution in [2.45, 2.75) is 29.8 Å². The van der Waals surface area contributed by atoms with Crippen molar-refractivity contribution in [1.29, 1.82) is 0 Å². The van der Waals surface area contributed by atoms with E-state index in [1.54, 1.807) is 6.26 Å². The Kier molecular flexibility index (Phi) is 4.65. The molecular weight excluding hydrogens is 222 g/mol. The molecule has 15 heavy (non-hydrogen) atoms. The average molecular weight is 235 g/mol. The lowest BCUT2D eigenvalue weighted by atomic mass is 9.98. The molecule has 1 rings (SSSR count). The van der Waals surface area contributed by atoms with Crippen LogP contribution in [0.3, 0.4) is 0 Å². The fraction of sp³-hybridized carbons (Fsp3) is 1.00. The molecule has 0 amide bonds. The van der Waals surface area contributed by atoms with Gasteiger partial charge in [-0.15, -0.1) is 11.8 Å². The number of aliphatic hydroxyl groups excluding tert-OH is 3. The van der Waals surface area contributed by atoms with Gasteiger partial charge in [-0.05, 0) is 11.8 Å². The molecule has 0 aromatic carbocycles. The van der Waals surface area contributed by atoms with E-state index in [-0.39, 0.29) is 6.61 Å². The Labute approximate surface area is 90.7 Å². The quantitative estimate of drug-likeness (QED) is 0.345.